The van der Waals surface area contributed by atoms with Gasteiger partial charge in [0, 0.05) is 0 Å². The molecule has 0 fully saturated rings. The zero-order chi connectivity index (χ0) is 17.1. The van der Waals surface area contributed by atoms with Crippen LogP contribution in [0.3, 0.4) is 0 Å². The molecule has 0 aromatic heterocycles. The van der Waals surface area contributed by atoms with Crippen molar-refractivity contribution in [1.82, 2.24) is 0 Å². The molecule has 4 N–H and O–H groups in total. The van der Waals surface area contributed by atoms with Crippen molar-refractivity contribution in [3.05, 3.63) is 29.3 Å². The van der Waals surface area contributed by atoms with Crippen molar-refractivity contribution in [2.45, 2.75) is 25.0 Å². The maximum atomic E-state index is 12.2. The Labute approximate surface area is 121 Å². The van der Waals surface area contributed by atoms with Gasteiger partial charge in [-0.3, -0.25) is 4.79 Å². The molecule has 0 aliphatic rings. The summed E-state index contributed by atoms with van der Waals surface area (Å²) < 4.78 is 40.1. The first kappa shape index (κ1) is 17.7. The number of aliphatic hydroxyl groups excluding tert-OH is 2. The lowest BCUT2D eigenvalue weighted by Crippen LogP contribution is -2.22. The minimum Gasteiger partial charge on any atom is -0.481 e. The lowest BCUT2D eigenvalue weighted by atomic mass is 9.99. The number of aliphatic carboxylic acids is 1. The fourth-order valence-electron chi connectivity index (χ4n) is 1.62. The number of carboxylic acid groups (broad SMARTS) is 2. The summed E-state index contributed by atoms with van der Waals surface area (Å²) in [4.78, 5) is 21.3. The molecule has 122 valence electrons. The summed E-state index contributed by atoms with van der Waals surface area (Å²) in [6.45, 7) is 0. The van der Waals surface area contributed by atoms with Gasteiger partial charge < -0.3 is 25.2 Å². The van der Waals surface area contributed by atoms with Gasteiger partial charge in [0.1, 0.15) is 11.9 Å². The molecule has 0 saturated heterocycles. The number of carbonyl (C=O) groups is 2. The van der Waals surface area contributed by atoms with Crippen molar-refractivity contribution < 1.29 is 47.9 Å². The highest BCUT2D eigenvalue weighted by Gasteiger charge is 2.32. The first-order valence-electron chi connectivity index (χ1n) is 5.71. The lowest BCUT2D eigenvalue weighted by molar-refractivity contribution is -0.274. The van der Waals surface area contributed by atoms with Crippen molar-refractivity contribution in [3.63, 3.8) is 0 Å². The number of hydrogen-bond acceptors (Lipinski definition) is 5. The molecule has 1 rings (SSSR count). The zero-order valence-corrected chi connectivity index (χ0v) is 10.7. The Morgan fingerprint density at radius 1 is 1.14 bits per heavy atom. The highest BCUT2D eigenvalue weighted by Crippen LogP contribution is 2.29. The number of benzene rings is 1. The topological polar surface area (TPSA) is 124 Å². The third-order valence-corrected chi connectivity index (χ3v) is 2.50. The molecule has 0 heterocycles. The predicted molar refractivity (Wildman–Crippen MR) is 63.3 cm³/mol. The number of halogens is 3. The number of rotatable bonds is 6. The molecule has 22 heavy (non-hydrogen) atoms. The fourth-order valence-corrected chi connectivity index (χ4v) is 1.62. The van der Waals surface area contributed by atoms with Gasteiger partial charge in [0.25, 0.3) is 0 Å². The molecule has 2 unspecified atom stereocenters. The first-order chi connectivity index (χ1) is 9.99. The molecule has 0 radical (unpaired) electrons. The van der Waals surface area contributed by atoms with E-state index >= 15 is 0 Å². The second kappa shape index (κ2) is 6.62. The Hall–Kier alpha value is -2.33. The largest absolute Gasteiger partial charge is 0.573 e. The number of aliphatic hydroxyl groups is 2. The SMILES string of the molecule is O=C(O)CC(O)C(O)c1cc(OC(F)(F)F)cc(C(=O)O)c1. The normalized spacial score (nSPS) is 14.2. The van der Waals surface area contributed by atoms with Crippen molar-refractivity contribution in [2.24, 2.45) is 0 Å². The molecule has 1 aromatic carbocycles. The van der Waals surface area contributed by atoms with Crippen molar-refractivity contribution in [1.29, 1.82) is 0 Å². The van der Waals surface area contributed by atoms with Gasteiger partial charge >= 0.3 is 18.3 Å². The van der Waals surface area contributed by atoms with Gasteiger partial charge in [-0.25, -0.2) is 4.79 Å². The standard InChI is InChI=1S/C12H11F3O7/c13-12(14,15)22-7-2-5(1-6(3-7)11(20)21)10(19)8(16)4-9(17)18/h1-3,8,10,16,19H,4H2,(H,17,18)(H,20,21). The summed E-state index contributed by atoms with van der Waals surface area (Å²) in [6, 6.07) is 2.05. The Kier molecular flexibility index (Phi) is 5.33. The second-order valence-electron chi connectivity index (χ2n) is 4.25. The van der Waals surface area contributed by atoms with E-state index in [1.165, 1.54) is 0 Å². The number of aromatic carboxylic acids is 1. The van der Waals surface area contributed by atoms with Crippen molar-refractivity contribution >= 4 is 11.9 Å². The van der Waals surface area contributed by atoms with Crippen LogP contribution in [0.15, 0.2) is 18.2 Å². The Morgan fingerprint density at radius 2 is 1.73 bits per heavy atom. The molecule has 0 aliphatic heterocycles. The van der Waals surface area contributed by atoms with Crippen LogP contribution in [0.2, 0.25) is 0 Å². The van der Waals surface area contributed by atoms with E-state index in [2.05, 4.69) is 4.74 Å². The van der Waals surface area contributed by atoms with E-state index in [9.17, 15) is 33.0 Å². The third-order valence-electron chi connectivity index (χ3n) is 2.50. The Morgan fingerprint density at radius 3 is 2.18 bits per heavy atom. The minimum absolute atomic E-state index is 0.423. The second-order valence-corrected chi connectivity index (χ2v) is 4.25. The molecule has 0 saturated carbocycles. The van der Waals surface area contributed by atoms with Crippen LogP contribution in [-0.4, -0.2) is 44.8 Å². The molecule has 10 heteroatoms. The highest BCUT2D eigenvalue weighted by molar-refractivity contribution is 5.88. The highest BCUT2D eigenvalue weighted by atomic mass is 19.4. The van der Waals surface area contributed by atoms with Crippen molar-refractivity contribution in [2.75, 3.05) is 0 Å². The van der Waals surface area contributed by atoms with E-state index in [1.54, 1.807) is 0 Å². The molecule has 0 amide bonds. The summed E-state index contributed by atoms with van der Waals surface area (Å²) in [5.41, 5.74) is -1.05. The number of alkyl halides is 3. The average Bonchev–Trinajstić information content (AvgIpc) is 2.34. The van der Waals surface area contributed by atoms with Crippen LogP contribution in [-0.2, 0) is 4.79 Å². The molecular weight excluding hydrogens is 313 g/mol. The molecule has 1 aromatic rings. The van der Waals surface area contributed by atoms with E-state index in [-0.39, 0.29) is 0 Å². The maximum absolute atomic E-state index is 12.2. The Bertz CT molecular complexity index is 570. The number of ether oxygens (including phenoxy) is 1. The lowest BCUT2D eigenvalue weighted by Gasteiger charge is -2.18. The van der Waals surface area contributed by atoms with Gasteiger partial charge in [-0.2, -0.15) is 0 Å². The molecule has 7 nitrogen and oxygen atoms in total. The summed E-state index contributed by atoms with van der Waals surface area (Å²) in [5.74, 6) is -3.95. The molecule has 0 bridgehead atoms. The maximum Gasteiger partial charge on any atom is 0.573 e. The monoisotopic (exact) mass is 324 g/mol. The third kappa shape index (κ3) is 5.22. The van der Waals surface area contributed by atoms with Crippen LogP contribution in [0.5, 0.6) is 5.75 Å². The molecule has 2 atom stereocenters. The quantitative estimate of drug-likeness (QED) is 0.619. The van der Waals surface area contributed by atoms with Gasteiger partial charge in [0.2, 0.25) is 0 Å². The summed E-state index contributed by atoms with van der Waals surface area (Å²) in [6.07, 6.45) is -9.70. The van der Waals surface area contributed by atoms with Crippen LogP contribution in [0, 0.1) is 0 Å². The van der Waals surface area contributed by atoms with Crippen LogP contribution >= 0.6 is 0 Å². The Balaban J connectivity index is 3.17. The van der Waals surface area contributed by atoms with E-state index in [0.29, 0.717) is 12.1 Å². The molecule has 0 spiro atoms. The van der Waals surface area contributed by atoms with Crippen LogP contribution in [0.4, 0.5) is 13.2 Å². The smallest absolute Gasteiger partial charge is 0.481 e. The summed E-state index contributed by atoms with van der Waals surface area (Å²) >= 11 is 0. The van der Waals surface area contributed by atoms with Gasteiger partial charge in [0.05, 0.1) is 18.1 Å². The van der Waals surface area contributed by atoms with Crippen molar-refractivity contribution in [3.8, 4) is 5.75 Å². The fraction of sp³-hybridized carbons (Fsp3) is 0.333. The van der Waals surface area contributed by atoms with E-state index in [4.69, 9.17) is 10.2 Å². The van der Waals surface area contributed by atoms with Crippen LogP contribution in [0.25, 0.3) is 0 Å². The van der Waals surface area contributed by atoms with Crippen LogP contribution < -0.4 is 4.74 Å². The summed E-state index contributed by atoms with van der Waals surface area (Å²) in [7, 11) is 0. The molecular formula is C12H11F3O7. The minimum atomic E-state index is -5.08. The van der Waals surface area contributed by atoms with E-state index in [0.717, 1.165) is 6.07 Å². The zero-order valence-electron chi connectivity index (χ0n) is 10.7. The van der Waals surface area contributed by atoms with Gasteiger partial charge in [-0.15, -0.1) is 13.2 Å². The van der Waals surface area contributed by atoms with Gasteiger partial charge in [-0.1, -0.05) is 0 Å². The summed E-state index contributed by atoms with van der Waals surface area (Å²) in [5, 5.41) is 36.5. The van der Waals surface area contributed by atoms with E-state index in [1.807, 2.05) is 0 Å². The molecule has 0 aliphatic carbocycles. The van der Waals surface area contributed by atoms with Gasteiger partial charge in [-0.05, 0) is 23.8 Å². The first-order valence-corrected chi connectivity index (χ1v) is 5.71. The predicted octanol–water partition coefficient (Wildman–Crippen LogP) is 1.15. The van der Waals surface area contributed by atoms with Crippen LogP contribution in [0.1, 0.15) is 28.4 Å². The number of hydrogen-bond donors (Lipinski definition) is 4. The number of carboxylic acids is 2. The average molecular weight is 324 g/mol. The van der Waals surface area contributed by atoms with E-state index < -0.39 is 53.8 Å². The van der Waals surface area contributed by atoms with Gasteiger partial charge in [0.15, 0.2) is 0 Å².